The van der Waals surface area contributed by atoms with Gasteiger partial charge in [-0.3, -0.25) is 10.1 Å². The average Bonchev–Trinajstić information content (AvgIpc) is 3.14. The zero-order valence-electron chi connectivity index (χ0n) is 12.2. The number of amides is 3. The topological polar surface area (TPSA) is 118 Å². The Morgan fingerprint density at radius 3 is 2.46 bits per heavy atom. The summed E-state index contributed by atoms with van der Waals surface area (Å²) in [7, 11) is 0. The third kappa shape index (κ3) is 3.43. The maximum Gasteiger partial charge on any atom is 0.371 e. The van der Waals surface area contributed by atoms with Gasteiger partial charge in [0.25, 0.3) is 5.91 Å². The minimum Gasteiger partial charge on any atom is -0.486 e. The van der Waals surface area contributed by atoms with Crippen molar-refractivity contribution < 1.29 is 28.6 Å². The average molecular weight is 328 g/mol. The molecule has 0 radical (unpaired) electrons. The Labute approximate surface area is 135 Å². The molecule has 24 heavy (non-hydrogen) atoms. The number of benzene rings is 1. The third-order valence-corrected chi connectivity index (χ3v) is 3.16. The van der Waals surface area contributed by atoms with Gasteiger partial charge in [0.1, 0.15) is 23.8 Å². The summed E-state index contributed by atoms with van der Waals surface area (Å²) < 4.78 is 10.6. The van der Waals surface area contributed by atoms with E-state index in [1.54, 1.807) is 24.3 Å². The molecular weight excluding hydrogens is 316 g/mol. The van der Waals surface area contributed by atoms with Crippen molar-refractivity contribution in [3.63, 3.8) is 0 Å². The predicted octanol–water partition coefficient (Wildman–Crippen LogP) is 1.74. The fraction of sp³-hybridized carbons (Fsp3) is 0.0625. The maximum absolute atomic E-state index is 11.4. The van der Waals surface area contributed by atoms with E-state index in [9.17, 15) is 14.4 Å². The lowest BCUT2D eigenvalue weighted by atomic mass is 10.2. The first-order valence-electron chi connectivity index (χ1n) is 6.90. The number of rotatable bonds is 5. The smallest absolute Gasteiger partial charge is 0.371 e. The molecule has 1 aromatic carbocycles. The van der Waals surface area contributed by atoms with E-state index in [0.29, 0.717) is 17.1 Å². The van der Waals surface area contributed by atoms with Gasteiger partial charge in [0.05, 0.1) is 0 Å². The lowest BCUT2D eigenvalue weighted by molar-refractivity contribution is -0.115. The zero-order chi connectivity index (χ0) is 17.1. The van der Waals surface area contributed by atoms with Gasteiger partial charge >= 0.3 is 12.0 Å². The number of imide groups is 1. The van der Waals surface area contributed by atoms with Gasteiger partial charge in [-0.1, -0.05) is 12.1 Å². The molecule has 122 valence electrons. The molecule has 1 fully saturated rings. The summed E-state index contributed by atoms with van der Waals surface area (Å²) in [6, 6.07) is 9.13. The van der Waals surface area contributed by atoms with Crippen LogP contribution in [-0.4, -0.2) is 23.0 Å². The van der Waals surface area contributed by atoms with Gasteiger partial charge in [0, 0.05) is 0 Å². The standard InChI is InChI=1S/C16H12N2O6/c19-14-12(17-16(22)18-14)7-9-1-3-10(4-2-9)23-8-11-5-6-13(24-11)15(20)21/h1-7H,8H2,(H,20,21)(H2,17,18,19,22)/b12-7+. The van der Waals surface area contributed by atoms with Crippen LogP contribution in [0.15, 0.2) is 46.5 Å². The molecule has 8 heteroatoms. The molecular formula is C16H12N2O6. The molecule has 8 nitrogen and oxygen atoms in total. The van der Waals surface area contributed by atoms with E-state index in [1.165, 1.54) is 18.2 Å². The molecule has 0 spiro atoms. The fourth-order valence-corrected chi connectivity index (χ4v) is 2.03. The molecule has 3 rings (SSSR count). The third-order valence-electron chi connectivity index (χ3n) is 3.16. The molecule has 0 saturated carbocycles. The van der Waals surface area contributed by atoms with Crippen LogP contribution < -0.4 is 15.4 Å². The number of carbonyl (C=O) groups is 3. The first-order chi connectivity index (χ1) is 11.5. The second-order valence-corrected chi connectivity index (χ2v) is 4.90. The van der Waals surface area contributed by atoms with Gasteiger partial charge in [-0.25, -0.2) is 9.59 Å². The summed E-state index contributed by atoms with van der Waals surface area (Å²) in [4.78, 5) is 33.2. The fourth-order valence-electron chi connectivity index (χ4n) is 2.03. The van der Waals surface area contributed by atoms with Crippen molar-refractivity contribution in [2.75, 3.05) is 0 Å². The zero-order valence-corrected chi connectivity index (χ0v) is 12.2. The molecule has 3 amide bonds. The van der Waals surface area contributed by atoms with Crippen molar-refractivity contribution in [2.24, 2.45) is 0 Å². The van der Waals surface area contributed by atoms with Gasteiger partial charge in [-0.05, 0) is 35.9 Å². The number of hydrogen-bond donors (Lipinski definition) is 3. The second-order valence-electron chi connectivity index (χ2n) is 4.90. The monoisotopic (exact) mass is 328 g/mol. The van der Waals surface area contributed by atoms with Gasteiger partial charge in [-0.15, -0.1) is 0 Å². The number of urea groups is 1. The number of carboxylic acids is 1. The minimum atomic E-state index is -1.14. The predicted molar refractivity (Wildman–Crippen MR) is 81.1 cm³/mol. The highest BCUT2D eigenvalue weighted by Gasteiger charge is 2.22. The van der Waals surface area contributed by atoms with Crippen LogP contribution in [0.3, 0.4) is 0 Å². The molecule has 1 saturated heterocycles. The number of aromatic carboxylic acids is 1. The highest BCUT2D eigenvalue weighted by molar-refractivity contribution is 6.13. The lowest BCUT2D eigenvalue weighted by Gasteiger charge is -2.04. The van der Waals surface area contributed by atoms with Crippen LogP contribution in [-0.2, 0) is 11.4 Å². The Kier molecular flexibility index (Phi) is 4.02. The van der Waals surface area contributed by atoms with Crippen molar-refractivity contribution in [1.82, 2.24) is 10.6 Å². The van der Waals surface area contributed by atoms with Gasteiger partial charge in [-0.2, -0.15) is 0 Å². The molecule has 0 unspecified atom stereocenters. The van der Waals surface area contributed by atoms with Gasteiger partial charge < -0.3 is 19.6 Å². The van der Waals surface area contributed by atoms with E-state index < -0.39 is 17.9 Å². The molecule has 2 heterocycles. The molecule has 2 aromatic rings. The summed E-state index contributed by atoms with van der Waals surface area (Å²) in [6.07, 6.45) is 1.54. The van der Waals surface area contributed by atoms with E-state index in [1.807, 2.05) is 0 Å². The molecule has 0 atom stereocenters. The molecule has 3 N–H and O–H groups in total. The molecule has 1 aliphatic rings. The largest absolute Gasteiger partial charge is 0.486 e. The summed E-state index contributed by atoms with van der Waals surface area (Å²) in [6.45, 7) is 0.0895. The number of carbonyl (C=O) groups excluding carboxylic acids is 2. The molecule has 1 aromatic heterocycles. The quantitative estimate of drug-likeness (QED) is 0.568. The summed E-state index contributed by atoms with van der Waals surface area (Å²) >= 11 is 0. The molecule has 0 aliphatic carbocycles. The minimum absolute atomic E-state index is 0.0895. The van der Waals surface area contributed by atoms with Crippen molar-refractivity contribution >= 4 is 24.0 Å². The van der Waals surface area contributed by atoms with Gasteiger partial charge in [0.15, 0.2) is 0 Å². The van der Waals surface area contributed by atoms with E-state index in [0.717, 1.165) is 0 Å². The lowest BCUT2D eigenvalue weighted by Crippen LogP contribution is -2.22. The van der Waals surface area contributed by atoms with Crippen LogP contribution in [0.25, 0.3) is 6.08 Å². The van der Waals surface area contributed by atoms with Crippen molar-refractivity contribution in [2.45, 2.75) is 6.61 Å². The van der Waals surface area contributed by atoms with E-state index in [4.69, 9.17) is 14.3 Å². The van der Waals surface area contributed by atoms with Crippen molar-refractivity contribution in [1.29, 1.82) is 0 Å². The Morgan fingerprint density at radius 1 is 1.12 bits per heavy atom. The Bertz CT molecular complexity index is 835. The van der Waals surface area contributed by atoms with E-state index in [2.05, 4.69) is 10.6 Å². The SMILES string of the molecule is O=C1NC(=O)/C(=C\c2ccc(OCc3ccc(C(=O)O)o3)cc2)N1. The van der Waals surface area contributed by atoms with Crippen LogP contribution in [0.2, 0.25) is 0 Å². The second kappa shape index (κ2) is 6.29. The summed E-state index contributed by atoms with van der Waals surface area (Å²) in [5, 5.41) is 13.3. The number of ether oxygens (including phenoxy) is 1. The highest BCUT2D eigenvalue weighted by Crippen LogP contribution is 2.17. The molecule has 1 aliphatic heterocycles. The maximum atomic E-state index is 11.4. The van der Waals surface area contributed by atoms with Crippen molar-refractivity contribution in [3.8, 4) is 5.75 Å². The number of carboxylic acid groups (broad SMARTS) is 1. The van der Waals surface area contributed by atoms with Crippen LogP contribution >= 0.6 is 0 Å². The van der Waals surface area contributed by atoms with E-state index >= 15 is 0 Å². The normalized spacial score (nSPS) is 15.2. The Hall–Kier alpha value is -3.55. The van der Waals surface area contributed by atoms with Crippen LogP contribution in [0, 0.1) is 0 Å². The Balaban J connectivity index is 1.62. The summed E-state index contributed by atoms with van der Waals surface area (Å²) in [5.41, 5.74) is 0.881. The van der Waals surface area contributed by atoms with Gasteiger partial charge in [0.2, 0.25) is 5.76 Å². The number of nitrogens with one attached hydrogen (secondary N) is 2. The van der Waals surface area contributed by atoms with E-state index in [-0.39, 0.29) is 18.1 Å². The first-order valence-corrected chi connectivity index (χ1v) is 6.90. The highest BCUT2D eigenvalue weighted by atomic mass is 16.5. The van der Waals surface area contributed by atoms with Crippen LogP contribution in [0.4, 0.5) is 4.79 Å². The first kappa shape index (κ1) is 15.3. The van der Waals surface area contributed by atoms with Crippen LogP contribution in [0.1, 0.15) is 21.9 Å². The Morgan fingerprint density at radius 2 is 1.88 bits per heavy atom. The molecule has 0 bridgehead atoms. The summed E-state index contributed by atoms with van der Waals surface area (Å²) in [5.74, 6) is -0.823. The van der Waals surface area contributed by atoms with Crippen molar-refractivity contribution in [3.05, 3.63) is 59.2 Å². The number of hydrogen-bond acceptors (Lipinski definition) is 5. The number of furan rings is 1. The van der Waals surface area contributed by atoms with Crippen LogP contribution in [0.5, 0.6) is 5.75 Å².